The van der Waals surface area contributed by atoms with Gasteiger partial charge in [0.15, 0.2) is 0 Å². The number of nitrogens with zero attached hydrogens (tertiary/aromatic N) is 1. The molecule has 2 aromatic rings. The van der Waals surface area contributed by atoms with E-state index in [9.17, 15) is 18.8 Å². The van der Waals surface area contributed by atoms with Crippen LogP contribution in [0.3, 0.4) is 0 Å². The highest BCUT2D eigenvalue weighted by molar-refractivity contribution is 7.98. The zero-order valence-corrected chi connectivity index (χ0v) is 15.6. The van der Waals surface area contributed by atoms with Crippen LogP contribution < -0.4 is 5.32 Å². The molecule has 0 radical (unpaired) electrons. The first kappa shape index (κ1) is 19.1. The molecule has 7 heteroatoms. The van der Waals surface area contributed by atoms with Gasteiger partial charge in [0.25, 0.3) is 11.8 Å². The van der Waals surface area contributed by atoms with E-state index in [1.807, 2.05) is 0 Å². The van der Waals surface area contributed by atoms with E-state index in [1.165, 1.54) is 24.8 Å². The maximum Gasteiger partial charge on any atom is 0.262 e. The lowest BCUT2D eigenvalue weighted by molar-refractivity contribution is -0.124. The fraction of sp³-hybridized carbons (Fsp3) is 0.250. The fourth-order valence-corrected chi connectivity index (χ4v) is 3.71. The third kappa shape index (κ3) is 4.03. The zero-order chi connectivity index (χ0) is 19.4. The predicted molar refractivity (Wildman–Crippen MR) is 102 cm³/mol. The van der Waals surface area contributed by atoms with Gasteiger partial charge < -0.3 is 5.32 Å². The van der Waals surface area contributed by atoms with Crippen molar-refractivity contribution in [3.63, 3.8) is 0 Å². The number of carbonyl (C=O) groups is 3. The second-order valence-electron chi connectivity index (χ2n) is 6.14. The van der Waals surface area contributed by atoms with Gasteiger partial charge in [0, 0.05) is 18.1 Å². The fourth-order valence-electron chi connectivity index (χ4n) is 2.87. The van der Waals surface area contributed by atoms with Crippen LogP contribution in [0.15, 0.2) is 48.5 Å². The highest BCUT2D eigenvalue weighted by Crippen LogP contribution is 2.24. The number of benzene rings is 2. The minimum atomic E-state index is -0.894. The Labute approximate surface area is 160 Å². The van der Waals surface area contributed by atoms with E-state index in [4.69, 9.17) is 0 Å². The number of fused-ring (bicyclic) bond motifs is 1. The number of rotatable bonds is 7. The van der Waals surface area contributed by atoms with Crippen LogP contribution in [0.1, 0.15) is 33.2 Å². The molecular weight excluding hydrogens is 367 g/mol. The first-order valence-corrected chi connectivity index (χ1v) is 9.72. The molecule has 0 fully saturated rings. The number of halogens is 1. The molecule has 0 saturated carbocycles. The first-order chi connectivity index (χ1) is 13.0. The Morgan fingerprint density at radius 2 is 1.67 bits per heavy atom. The van der Waals surface area contributed by atoms with Crippen LogP contribution in [0, 0.1) is 5.82 Å². The van der Waals surface area contributed by atoms with Gasteiger partial charge in [-0.3, -0.25) is 19.3 Å². The van der Waals surface area contributed by atoms with Gasteiger partial charge in [-0.05, 0) is 30.7 Å². The molecule has 2 aromatic carbocycles. The molecule has 1 unspecified atom stereocenters. The number of carbonyl (C=O) groups excluding carboxylic acids is 3. The maximum absolute atomic E-state index is 13.5. The lowest BCUT2D eigenvalue weighted by Crippen LogP contribution is -2.48. The van der Waals surface area contributed by atoms with Crippen molar-refractivity contribution in [3.05, 3.63) is 71.0 Å². The van der Waals surface area contributed by atoms with Gasteiger partial charge in [0.2, 0.25) is 5.91 Å². The Balaban J connectivity index is 1.48. The largest absolute Gasteiger partial charge is 0.353 e. The highest BCUT2D eigenvalue weighted by atomic mass is 32.2. The quantitative estimate of drug-likeness (QED) is 0.587. The first-order valence-electron chi connectivity index (χ1n) is 8.56. The van der Waals surface area contributed by atoms with Crippen molar-refractivity contribution >= 4 is 29.5 Å². The van der Waals surface area contributed by atoms with E-state index in [1.54, 1.807) is 42.5 Å². The number of amides is 3. The smallest absolute Gasteiger partial charge is 0.262 e. The molecule has 3 rings (SSSR count). The summed E-state index contributed by atoms with van der Waals surface area (Å²) in [6.07, 6.45) is 0. The normalized spacial score (nSPS) is 14.2. The second kappa shape index (κ2) is 8.35. The van der Waals surface area contributed by atoms with E-state index in [0.717, 1.165) is 4.90 Å². The van der Waals surface area contributed by atoms with Crippen LogP contribution in [0.2, 0.25) is 0 Å². The van der Waals surface area contributed by atoms with E-state index in [2.05, 4.69) is 5.32 Å². The third-order valence-corrected chi connectivity index (χ3v) is 5.36. The summed E-state index contributed by atoms with van der Waals surface area (Å²) in [5.41, 5.74) is 1.26. The molecule has 140 valence electrons. The van der Waals surface area contributed by atoms with Crippen molar-refractivity contribution in [1.82, 2.24) is 10.2 Å². The average molecular weight is 386 g/mol. The summed E-state index contributed by atoms with van der Waals surface area (Å²) >= 11 is 1.50. The lowest BCUT2D eigenvalue weighted by Gasteiger charge is -2.21. The van der Waals surface area contributed by atoms with Crippen molar-refractivity contribution in [2.45, 2.75) is 18.7 Å². The van der Waals surface area contributed by atoms with Gasteiger partial charge in [-0.2, -0.15) is 11.8 Å². The molecule has 5 nitrogen and oxygen atoms in total. The Morgan fingerprint density at radius 1 is 1.07 bits per heavy atom. The monoisotopic (exact) mass is 386 g/mol. The molecule has 0 aliphatic carbocycles. The number of nitrogens with one attached hydrogen (secondary N) is 1. The summed E-state index contributed by atoms with van der Waals surface area (Å²) in [5.74, 6) is -0.436. The van der Waals surface area contributed by atoms with E-state index < -0.39 is 23.8 Å². The van der Waals surface area contributed by atoms with Gasteiger partial charge in [0.05, 0.1) is 11.1 Å². The lowest BCUT2D eigenvalue weighted by atomic mass is 10.1. The molecule has 0 saturated heterocycles. The van der Waals surface area contributed by atoms with Crippen LogP contribution in [0.5, 0.6) is 0 Å². The molecule has 1 aliphatic rings. The molecule has 27 heavy (non-hydrogen) atoms. The van der Waals surface area contributed by atoms with Gasteiger partial charge >= 0.3 is 0 Å². The van der Waals surface area contributed by atoms with E-state index in [0.29, 0.717) is 34.7 Å². The third-order valence-electron chi connectivity index (χ3n) is 4.35. The maximum atomic E-state index is 13.5. The zero-order valence-electron chi connectivity index (χ0n) is 14.8. The minimum Gasteiger partial charge on any atom is -0.353 e. The van der Waals surface area contributed by atoms with Crippen LogP contribution in [-0.4, -0.2) is 41.0 Å². The second-order valence-corrected chi connectivity index (χ2v) is 7.24. The van der Waals surface area contributed by atoms with Gasteiger partial charge in [-0.25, -0.2) is 4.39 Å². The SMILES string of the molecule is CC(C(=O)NCCSCc1ccccc1F)N1C(=O)c2ccccc2C1=O. The average Bonchev–Trinajstić information content (AvgIpc) is 2.93. The van der Waals surface area contributed by atoms with Crippen molar-refractivity contribution in [1.29, 1.82) is 0 Å². The van der Waals surface area contributed by atoms with Gasteiger partial charge in [0.1, 0.15) is 11.9 Å². The summed E-state index contributed by atoms with van der Waals surface area (Å²) < 4.78 is 13.5. The van der Waals surface area contributed by atoms with E-state index in [-0.39, 0.29) is 5.82 Å². The van der Waals surface area contributed by atoms with Crippen LogP contribution in [0.25, 0.3) is 0 Å². The molecule has 0 aromatic heterocycles. The number of hydrogen-bond donors (Lipinski definition) is 1. The van der Waals surface area contributed by atoms with Crippen molar-refractivity contribution < 1.29 is 18.8 Å². The molecule has 1 N–H and O–H groups in total. The summed E-state index contributed by atoms with van der Waals surface area (Å²) in [4.78, 5) is 38.1. The molecule has 1 heterocycles. The Kier molecular flexibility index (Phi) is 5.91. The van der Waals surface area contributed by atoms with Crippen molar-refractivity contribution in [3.8, 4) is 0 Å². The predicted octanol–water partition coefficient (Wildman–Crippen LogP) is 2.86. The topological polar surface area (TPSA) is 66.5 Å². The molecule has 0 bridgehead atoms. The minimum absolute atomic E-state index is 0.242. The van der Waals surface area contributed by atoms with Crippen molar-refractivity contribution in [2.75, 3.05) is 12.3 Å². The van der Waals surface area contributed by atoms with Gasteiger partial charge in [-0.1, -0.05) is 30.3 Å². The number of hydrogen-bond acceptors (Lipinski definition) is 4. The highest BCUT2D eigenvalue weighted by Gasteiger charge is 2.40. The summed E-state index contributed by atoms with van der Waals surface area (Å²) in [6.45, 7) is 1.90. The van der Waals surface area contributed by atoms with Crippen LogP contribution >= 0.6 is 11.8 Å². The Hall–Kier alpha value is -2.67. The molecule has 3 amide bonds. The molecule has 1 atom stereocenters. The molecular formula is C20H19FN2O3S. The van der Waals surface area contributed by atoms with Crippen LogP contribution in [0.4, 0.5) is 4.39 Å². The number of imide groups is 1. The van der Waals surface area contributed by atoms with Crippen molar-refractivity contribution in [2.24, 2.45) is 0 Å². The molecule has 1 aliphatic heterocycles. The standard InChI is InChI=1S/C20H19FN2O3S/c1-13(23-19(25)15-7-3-4-8-16(15)20(23)26)18(24)22-10-11-27-12-14-6-2-5-9-17(14)21/h2-9,13H,10-12H2,1H3,(H,22,24). The summed E-state index contributed by atoms with van der Waals surface area (Å²) in [6, 6.07) is 12.2. The Morgan fingerprint density at radius 3 is 2.30 bits per heavy atom. The Bertz CT molecular complexity index is 852. The molecule has 0 spiro atoms. The summed E-state index contributed by atoms with van der Waals surface area (Å²) in [7, 11) is 0. The summed E-state index contributed by atoms with van der Waals surface area (Å²) in [5, 5.41) is 2.73. The van der Waals surface area contributed by atoms with E-state index >= 15 is 0 Å². The number of thioether (sulfide) groups is 1. The van der Waals surface area contributed by atoms with Gasteiger partial charge in [-0.15, -0.1) is 0 Å². The van der Waals surface area contributed by atoms with Crippen LogP contribution in [-0.2, 0) is 10.5 Å².